The van der Waals surface area contributed by atoms with Gasteiger partial charge in [-0.2, -0.15) is 0 Å². The van der Waals surface area contributed by atoms with Gasteiger partial charge in [0.1, 0.15) is 0 Å². The molecule has 86 valence electrons. The minimum Gasteiger partial charge on any atom is -0.381 e. The van der Waals surface area contributed by atoms with Gasteiger partial charge in [-0.3, -0.25) is 4.79 Å². The lowest BCUT2D eigenvalue weighted by molar-refractivity contribution is 0.0545. The number of rotatable bonds is 3. The van der Waals surface area contributed by atoms with Gasteiger partial charge in [0.05, 0.1) is 0 Å². The third-order valence-corrected chi connectivity index (χ3v) is 3.04. The third-order valence-electron chi connectivity index (χ3n) is 3.04. The molecule has 3 nitrogen and oxygen atoms in total. The molecule has 16 heavy (non-hydrogen) atoms. The monoisotopic (exact) mass is 219 g/mol. The molecule has 0 unspecified atom stereocenters. The van der Waals surface area contributed by atoms with Crippen LogP contribution in [0.4, 0.5) is 0 Å². The van der Waals surface area contributed by atoms with Crippen LogP contribution in [0.5, 0.6) is 0 Å². The lowest BCUT2D eigenvalue weighted by atomic mass is 9.90. The van der Waals surface area contributed by atoms with Gasteiger partial charge in [-0.25, -0.2) is 0 Å². The first-order valence-corrected chi connectivity index (χ1v) is 5.72. The number of carbonyl (C=O) groups is 1. The van der Waals surface area contributed by atoms with Crippen molar-refractivity contribution in [3.63, 3.8) is 0 Å². The number of Topliss-reactive ketones (excluding diaryl/α,β-unsaturated/α-hetero) is 1. The van der Waals surface area contributed by atoms with Gasteiger partial charge < -0.3 is 10.5 Å². The number of carbonyl (C=O) groups excluding carboxylic acids is 1. The van der Waals surface area contributed by atoms with Crippen molar-refractivity contribution in [2.75, 3.05) is 13.2 Å². The second-order valence-corrected chi connectivity index (χ2v) is 4.16. The summed E-state index contributed by atoms with van der Waals surface area (Å²) in [6.07, 6.45) is 1.68. The molecule has 2 rings (SSSR count). The molecule has 0 bridgehead atoms. The van der Waals surface area contributed by atoms with E-state index in [-0.39, 0.29) is 11.7 Å². The van der Waals surface area contributed by atoms with E-state index in [1.165, 1.54) is 0 Å². The SMILES string of the molecule is NCc1cccc(C(=O)C2CCOCC2)c1. The second-order valence-electron chi connectivity index (χ2n) is 4.16. The van der Waals surface area contributed by atoms with Crippen LogP contribution < -0.4 is 5.73 Å². The van der Waals surface area contributed by atoms with Crippen LogP contribution in [0.3, 0.4) is 0 Å². The van der Waals surface area contributed by atoms with Crippen molar-refractivity contribution in [3.8, 4) is 0 Å². The summed E-state index contributed by atoms with van der Waals surface area (Å²) in [7, 11) is 0. The molecular weight excluding hydrogens is 202 g/mol. The fourth-order valence-electron chi connectivity index (χ4n) is 2.05. The molecule has 0 spiro atoms. The van der Waals surface area contributed by atoms with E-state index in [2.05, 4.69) is 0 Å². The Morgan fingerprint density at radius 2 is 2.12 bits per heavy atom. The highest BCUT2D eigenvalue weighted by Crippen LogP contribution is 2.20. The molecule has 3 heteroatoms. The smallest absolute Gasteiger partial charge is 0.166 e. The normalized spacial score (nSPS) is 17.3. The molecule has 2 N–H and O–H groups in total. The van der Waals surface area contributed by atoms with Gasteiger partial charge in [-0.05, 0) is 24.5 Å². The minimum atomic E-state index is 0.127. The lowest BCUT2D eigenvalue weighted by Gasteiger charge is -2.20. The van der Waals surface area contributed by atoms with E-state index in [1.54, 1.807) is 0 Å². The quantitative estimate of drug-likeness (QED) is 0.788. The van der Waals surface area contributed by atoms with Crippen LogP contribution in [-0.2, 0) is 11.3 Å². The highest BCUT2D eigenvalue weighted by Gasteiger charge is 2.22. The van der Waals surface area contributed by atoms with Gasteiger partial charge in [-0.1, -0.05) is 18.2 Å². The summed E-state index contributed by atoms with van der Waals surface area (Å²) < 4.78 is 5.26. The Bertz CT molecular complexity index is 370. The van der Waals surface area contributed by atoms with Crippen LogP contribution in [-0.4, -0.2) is 19.0 Å². The van der Waals surface area contributed by atoms with Crippen LogP contribution in [0, 0.1) is 5.92 Å². The Labute approximate surface area is 95.6 Å². The van der Waals surface area contributed by atoms with Crippen molar-refractivity contribution >= 4 is 5.78 Å². The van der Waals surface area contributed by atoms with Gasteiger partial charge in [0.25, 0.3) is 0 Å². The standard InChI is InChI=1S/C13H17NO2/c14-9-10-2-1-3-12(8-10)13(15)11-4-6-16-7-5-11/h1-3,8,11H,4-7,9,14H2. The molecule has 0 saturated carbocycles. The Hall–Kier alpha value is -1.19. The minimum absolute atomic E-state index is 0.127. The number of hydrogen-bond acceptors (Lipinski definition) is 3. The zero-order valence-electron chi connectivity index (χ0n) is 9.32. The average molecular weight is 219 g/mol. The Morgan fingerprint density at radius 1 is 1.38 bits per heavy atom. The van der Waals surface area contributed by atoms with E-state index < -0.39 is 0 Å². The van der Waals surface area contributed by atoms with Crippen LogP contribution in [0.25, 0.3) is 0 Å². The van der Waals surface area contributed by atoms with Crippen molar-refractivity contribution in [1.29, 1.82) is 0 Å². The van der Waals surface area contributed by atoms with Crippen LogP contribution >= 0.6 is 0 Å². The maximum Gasteiger partial charge on any atom is 0.166 e. The van der Waals surface area contributed by atoms with Gasteiger partial charge in [-0.15, -0.1) is 0 Å². The summed E-state index contributed by atoms with van der Waals surface area (Å²) >= 11 is 0. The highest BCUT2D eigenvalue weighted by molar-refractivity contribution is 5.98. The van der Waals surface area contributed by atoms with E-state index in [1.807, 2.05) is 24.3 Å². The predicted molar refractivity (Wildman–Crippen MR) is 62.2 cm³/mol. The van der Waals surface area contributed by atoms with E-state index in [0.717, 1.165) is 24.0 Å². The topological polar surface area (TPSA) is 52.3 Å². The Morgan fingerprint density at radius 3 is 2.81 bits per heavy atom. The fourth-order valence-corrected chi connectivity index (χ4v) is 2.05. The van der Waals surface area contributed by atoms with Gasteiger partial charge in [0.2, 0.25) is 0 Å². The summed E-state index contributed by atoms with van der Waals surface area (Å²) in [4.78, 5) is 12.2. The second kappa shape index (κ2) is 5.23. The Kier molecular flexibility index (Phi) is 3.70. The highest BCUT2D eigenvalue weighted by atomic mass is 16.5. The van der Waals surface area contributed by atoms with Crippen molar-refractivity contribution in [3.05, 3.63) is 35.4 Å². The molecule has 1 aromatic rings. The van der Waals surface area contributed by atoms with Crippen LogP contribution in [0.2, 0.25) is 0 Å². The summed E-state index contributed by atoms with van der Waals surface area (Å²) in [5.41, 5.74) is 7.36. The molecule has 1 aliphatic heterocycles. The van der Waals surface area contributed by atoms with E-state index in [0.29, 0.717) is 19.8 Å². The number of hydrogen-bond donors (Lipinski definition) is 1. The van der Waals surface area contributed by atoms with Crippen molar-refractivity contribution in [1.82, 2.24) is 0 Å². The molecule has 1 aliphatic rings. The molecule has 0 atom stereocenters. The lowest BCUT2D eigenvalue weighted by Crippen LogP contribution is -2.23. The number of ether oxygens (including phenoxy) is 1. The maximum atomic E-state index is 12.2. The maximum absolute atomic E-state index is 12.2. The van der Waals surface area contributed by atoms with Crippen molar-refractivity contribution < 1.29 is 9.53 Å². The number of nitrogens with two attached hydrogens (primary N) is 1. The molecule has 1 heterocycles. The van der Waals surface area contributed by atoms with Crippen LogP contribution in [0.1, 0.15) is 28.8 Å². The van der Waals surface area contributed by atoms with E-state index in [4.69, 9.17) is 10.5 Å². The van der Waals surface area contributed by atoms with E-state index >= 15 is 0 Å². The molecular formula is C13H17NO2. The number of benzene rings is 1. The fraction of sp³-hybridized carbons (Fsp3) is 0.462. The summed E-state index contributed by atoms with van der Waals surface area (Å²) in [6, 6.07) is 7.62. The predicted octanol–water partition coefficient (Wildman–Crippen LogP) is 1.75. The zero-order chi connectivity index (χ0) is 11.4. The molecule has 0 radical (unpaired) electrons. The summed E-state index contributed by atoms with van der Waals surface area (Å²) in [5.74, 6) is 0.361. The van der Waals surface area contributed by atoms with Crippen molar-refractivity contribution in [2.24, 2.45) is 11.7 Å². The molecule has 1 aromatic carbocycles. The molecule has 1 saturated heterocycles. The summed E-state index contributed by atoms with van der Waals surface area (Å²) in [5, 5.41) is 0. The van der Waals surface area contributed by atoms with Gasteiger partial charge >= 0.3 is 0 Å². The zero-order valence-corrected chi connectivity index (χ0v) is 9.32. The first-order valence-electron chi connectivity index (χ1n) is 5.72. The molecule has 0 aliphatic carbocycles. The molecule has 0 amide bonds. The third kappa shape index (κ3) is 2.49. The average Bonchev–Trinajstić information content (AvgIpc) is 2.39. The first kappa shape index (κ1) is 11.3. The Balaban J connectivity index is 2.12. The van der Waals surface area contributed by atoms with E-state index in [9.17, 15) is 4.79 Å². The molecule has 1 fully saturated rings. The van der Waals surface area contributed by atoms with Gasteiger partial charge in [0.15, 0.2) is 5.78 Å². The summed E-state index contributed by atoms with van der Waals surface area (Å²) in [6.45, 7) is 1.88. The van der Waals surface area contributed by atoms with Gasteiger partial charge in [0, 0.05) is 31.2 Å². The largest absolute Gasteiger partial charge is 0.381 e. The first-order chi connectivity index (χ1) is 7.81. The number of ketones is 1. The van der Waals surface area contributed by atoms with Crippen LogP contribution in [0.15, 0.2) is 24.3 Å². The van der Waals surface area contributed by atoms with Crippen molar-refractivity contribution in [2.45, 2.75) is 19.4 Å². The molecule has 0 aromatic heterocycles.